The van der Waals surface area contributed by atoms with Crippen LogP contribution in [0, 0.1) is 27.7 Å². The van der Waals surface area contributed by atoms with Crippen LogP contribution in [0.25, 0.3) is 54.6 Å². The highest BCUT2D eigenvalue weighted by atomic mass is 16.3. The van der Waals surface area contributed by atoms with E-state index in [2.05, 4.69) is 195 Å². The van der Waals surface area contributed by atoms with Gasteiger partial charge in [0, 0.05) is 67.8 Å². The van der Waals surface area contributed by atoms with Gasteiger partial charge in [-0.1, -0.05) is 70.8 Å². The Bertz CT molecular complexity index is 2710. The lowest BCUT2D eigenvalue weighted by Gasteiger charge is -2.25. The molecule has 0 N–H and O–H groups in total. The summed E-state index contributed by atoms with van der Waals surface area (Å²) in [6.45, 7) is 8.47. The second-order valence-corrected chi connectivity index (χ2v) is 14.6. The van der Waals surface area contributed by atoms with Crippen molar-refractivity contribution < 1.29 is 8.83 Å². The van der Waals surface area contributed by atoms with E-state index in [0.717, 1.165) is 88.8 Å². The summed E-state index contributed by atoms with van der Waals surface area (Å²) in [5.74, 6) is 0. The Hall–Kier alpha value is -6.78. The molecule has 2 heterocycles. The van der Waals surface area contributed by atoms with Gasteiger partial charge in [-0.15, -0.1) is 0 Å². The third kappa shape index (κ3) is 5.46. The SMILES string of the molecule is Cc1ccc(N(c2ccc(C)cc2)c2ccc3c(c2)oc2cc4cc5c(cc4cc23)oc2cc(N(c3ccc(C)cc3)c3ccc(C)cc3)ccc25)cc1. The molecule has 260 valence electrons. The summed E-state index contributed by atoms with van der Waals surface area (Å²) >= 11 is 0. The first kappa shape index (κ1) is 31.9. The van der Waals surface area contributed by atoms with E-state index in [-0.39, 0.29) is 0 Å². The van der Waals surface area contributed by atoms with Gasteiger partial charge in [0.1, 0.15) is 22.3 Å². The van der Waals surface area contributed by atoms with Crippen molar-refractivity contribution in [3.63, 3.8) is 0 Å². The predicted molar refractivity (Wildman–Crippen MR) is 227 cm³/mol. The summed E-state index contributed by atoms with van der Waals surface area (Å²) in [5, 5.41) is 6.58. The van der Waals surface area contributed by atoms with Gasteiger partial charge in [0.15, 0.2) is 0 Å². The first-order valence-electron chi connectivity index (χ1n) is 18.5. The highest BCUT2D eigenvalue weighted by Crippen LogP contribution is 2.42. The molecule has 8 aromatic carbocycles. The molecular weight excluding hydrogens is 661 g/mol. The molecule has 0 aliphatic rings. The van der Waals surface area contributed by atoms with Gasteiger partial charge in [0.25, 0.3) is 0 Å². The highest BCUT2D eigenvalue weighted by molar-refractivity contribution is 6.15. The van der Waals surface area contributed by atoms with Crippen LogP contribution in [0.2, 0.25) is 0 Å². The summed E-state index contributed by atoms with van der Waals surface area (Å²) in [5.41, 5.74) is 14.9. The molecular formula is C50H38N2O2. The zero-order chi connectivity index (χ0) is 36.5. The van der Waals surface area contributed by atoms with Crippen LogP contribution in [0.5, 0.6) is 0 Å². The molecule has 0 amide bonds. The summed E-state index contributed by atoms with van der Waals surface area (Å²) in [4.78, 5) is 4.57. The summed E-state index contributed by atoms with van der Waals surface area (Å²) in [6.07, 6.45) is 0. The Labute approximate surface area is 314 Å². The van der Waals surface area contributed by atoms with E-state index in [1.54, 1.807) is 0 Å². The Morgan fingerprint density at radius 3 is 0.870 bits per heavy atom. The summed E-state index contributed by atoms with van der Waals surface area (Å²) in [7, 11) is 0. The molecule has 4 nitrogen and oxygen atoms in total. The van der Waals surface area contributed by atoms with Gasteiger partial charge in [-0.25, -0.2) is 0 Å². The lowest BCUT2D eigenvalue weighted by Crippen LogP contribution is -2.09. The van der Waals surface area contributed by atoms with Crippen LogP contribution in [0.3, 0.4) is 0 Å². The van der Waals surface area contributed by atoms with Gasteiger partial charge in [-0.05, 0) is 136 Å². The topological polar surface area (TPSA) is 32.8 Å². The van der Waals surface area contributed by atoms with Gasteiger partial charge in [0.2, 0.25) is 0 Å². The molecule has 4 heteroatoms. The van der Waals surface area contributed by atoms with Crippen LogP contribution in [0.4, 0.5) is 34.1 Å². The smallest absolute Gasteiger partial charge is 0.137 e. The number of aryl methyl sites for hydroxylation is 4. The molecule has 10 aromatic rings. The van der Waals surface area contributed by atoms with Gasteiger partial charge in [-0.3, -0.25) is 0 Å². The van der Waals surface area contributed by atoms with Crippen LogP contribution in [0.15, 0.2) is 167 Å². The lowest BCUT2D eigenvalue weighted by molar-refractivity contribution is 0.668. The maximum absolute atomic E-state index is 6.63. The van der Waals surface area contributed by atoms with Gasteiger partial charge >= 0.3 is 0 Å². The molecule has 0 bridgehead atoms. The quantitative estimate of drug-likeness (QED) is 0.173. The third-order valence-corrected chi connectivity index (χ3v) is 10.7. The summed E-state index contributed by atoms with van der Waals surface area (Å²) < 4.78 is 13.3. The fourth-order valence-electron chi connectivity index (χ4n) is 7.72. The normalized spacial score (nSPS) is 11.7. The van der Waals surface area contributed by atoms with Crippen LogP contribution in [-0.4, -0.2) is 0 Å². The maximum atomic E-state index is 6.63. The van der Waals surface area contributed by atoms with Crippen molar-refractivity contribution in [2.75, 3.05) is 9.80 Å². The van der Waals surface area contributed by atoms with E-state index in [1.165, 1.54) is 22.3 Å². The van der Waals surface area contributed by atoms with Crippen molar-refractivity contribution in [3.05, 3.63) is 180 Å². The minimum Gasteiger partial charge on any atom is -0.456 e. The Morgan fingerprint density at radius 1 is 0.278 bits per heavy atom. The summed E-state index contributed by atoms with van der Waals surface area (Å²) in [6, 6.07) is 56.6. The number of nitrogens with zero attached hydrogens (tertiary/aromatic N) is 2. The molecule has 0 unspecified atom stereocenters. The van der Waals surface area contributed by atoms with Gasteiger partial charge in [0.05, 0.1) is 0 Å². The first-order chi connectivity index (χ1) is 26.3. The molecule has 0 aliphatic carbocycles. The standard InChI is InChI=1S/C50H38N2O2/c1-31-5-13-37(14-6-31)51(38-15-7-32(2)8-16-38)41-21-23-43-45-25-35-28-48-46(26-36(35)27-47(45)53-49(43)29-41)44-24-22-42(30-50(44)54-48)52(39-17-9-33(3)10-18-39)40-19-11-34(4)12-20-40/h5-30H,1-4H3. The van der Waals surface area contributed by atoms with Crippen molar-refractivity contribution in [2.24, 2.45) is 0 Å². The minimum absolute atomic E-state index is 0.857. The number of hydrogen-bond acceptors (Lipinski definition) is 4. The van der Waals surface area contributed by atoms with E-state index >= 15 is 0 Å². The maximum Gasteiger partial charge on any atom is 0.137 e. The Morgan fingerprint density at radius 2 is 0.556 bits per heavy atom. The molecule has 0 saturated heterocycles. The average molecular weight is 699 g/mol. The zero-order valence-corrected chi connectivity index (χ0v) is 30.7. The second-order valence-electron chi connectivity index (χ2n) is 14.6. The van der Waals surface area contributed by atoms with Crippen molar-refractivity contribution in [1.29, 1.82) is 0 Å². The molecule has 2 aromatic heterocycles. The number of furan rings is 2. The molecule has 54 heavy (non-hydrogen) atoms. The number of rotatable bonds is 6. The largest absolute Gasteiger partial charge is 0.456 e. The lowest BCUT2D eigenvalue weighted by atomic mass is 10.0. The third-order valence-electron chi connectivity index (χ3n) is 10.7. The van der Waals surface area contributed by atoms with Crippen molar-refractivity contribution >= 4 is 88.8 Å². The molecule has 0 radical (unpaired) electrons. The minimum atomic E-state index is 0.857. The Kier molecular flexibility index (Phi) is 7.34. The van der Waals surface area contributed by atoms with Crippen LogP contribution in [-0.2, 0) is 0 Å². The molecule has 0 aliphatic heterocycles. The van der Waals surface area contributed by atoms with Crippen LogP contribution < -0.4 is 9.80 Å². The van der Waals surface area contributed by atoms with Crippen LogP contribution >= 0.6 is 0 Å². The number of fused-ring (bicyclic) bond motifs is 7. The molecule has 0 fully saturated rings. The molecule has 0 spiro atoms. The fraction of sp³-hybridized carbons (Fsp3) is 0.0800. The monoisotopic (exact) mass is 698 g/mol. The zero-order valence-electron chi connectivity index (χ0n) is 30.7. The van der Waals surface area contributed by atoms with Gasteiger partial charge in [-0.2, -0.15) is 0 Å². The molecule has 0 saturated carbocycles. The van der Waals surface area contributed by atoms with E-state index in [4.69, 9.17) is 8.83 Å². The van der Waals surface area contributed by atoms with Crippen molar-refractivity contribution in [3.8, 4) is 0 Å². The van der Waals surface area contributed by atoms with E-state index in [9.17, 15) is 0 Å². The van der Waals surface area contributed by atoms with Crippen molar-refractivity contribution in [2.45, 2.75) is 27.7 Å². The highest BCUT2D eigenvalue weighted by Gasteiger charge is 2.19. The van der Waals surface area contributed by atoms with E-state index < -0.39 is 0 Å². The molecule has 0 atom stereocenters. The van der Waals surface area contributed by atoms with Gasteiger partial charge < -0.3 is 18.6 Å². The fourth-order valence-corrected chi connectivity index (χ4v) is 7.72. The molecule has 10 rings (SSSR count). The van der Waals surface area contributed by atoms with E-state index in [0.29, 0.717) is 0 Å². The average Bonchev–Trinajstić information content (AvgIpc) is 3.72. The Balaban J connectivity index is 1.06. The van der Waals surface area contributed by atoms with E-state index in [1.807, 2.05) is 0 Å². The number of anilines is 6. The second kappa shape index (κ2) is 12.4. The van der Waals surface area contributed by atoms with Crippen LogP contribution in [0.1, 0.15) is 22.3 Å². The number of hydrogen-bond donors (Lipinski definition) is 0. The van der Waals surface area contributed by atoms with Crippen molar-refractivity contribution in [1.82, 2.24) is 0 Å². The number of benzene rings is 8. The first-order valence-corrected chi connectivity index (χ1v) is 18.5. The predicted octanol–water partition coefficient (Wildman–Crippen LogP) is 14.8.